The van der Waals surface area contributed by atoms with Crippen molar-refractivity contribution in [3.8, 4) is 0 Å². The summed E-state index contributed by atoms with van der Waals surface area (Å²) in [4.78, 5) is 12.6. The van der Waals surface area contributed by atoms with Gasteiger partial charge in [0.25, 0.3) is 11.8 Å². The van der Waals surface area contributed by atoms with E-state index in [1.807, 2.05) is 0 Å². The van der Waals surface area contributed by atoms with Gasteiger partial charge in [-0.2, -0.15) is 0 Å². The molecule has 20 nitrogen and oxygen atoms in total. The first-order valence-electron chi connectivity index (χ1n) is 16.2. The van der Waals surface area contributed by atoms with Gasteiger partial charge in [-0.3, -0.25) is 4.79 Å². The van der Waals surface area contributed by atoms with E-state index in [9.17, 15) is 44.2 Å². The Morgan fingerprint density at radius 3 is 2.16 bits per heavy atom. The van der Waals surface area contributed by atoms with Gasteiger partial charge >= 0.3 is 0 Å². The van der Waals surface area contributed by atoms with E-state index in [-0.39, 0.29) is 13.0 Å². The van der Waals surface area contributed by atoms with E-state index < -0.39 is 135 Å². The lowest BCUT2D eigenvalue weighted by Crippen LogP contribution is -2.67. The normalized spacial score (nSPS) is 44.6. The number of halogens is 2. The van der Waals surface area contributed by atoms with E-state index >= 15 is 0 Å². The first-order valence-corrected chi connectivity index (χ1v) is 16.2. The molecule has 0 unspecified atom stereocenters. The Morgan fingerprint density at radius 1 is 0.900 bits per heavy atom. The zero-order valence-corrected chi connectivity index (χ0v) is 27.3. The van der Waals surface area contributed by atoms with Crippen LogP contribution in [0.5, 0.6) is 0 Å². The Balaban J connectivity index is 1.57. The number of nitrogens with two attached hydrogens (primary N) is 5. The average Bonchev–Trinajstić information content (AvgIpc) is 3.39. The molecule has 4 rings (SSSR count). The second-order valence-corrected chi connectivity index (χ2v) is 12.8. The number of hydrogen-bond donors (Lipinski definition) is 13. The molecule has 3 aliphatic heterocycles. The first-order chi connectivity index (χ1) is 23.6. The summed E-state index contributed by atoms with van der Waals surface area (Å²) in [7, 11) is 1.70. The van der Waals surface area contributed by atoms with Crippen molar-refractivity contribution in [1.29, 1.82) is 0 Å². The monoisotopic (exact) mass is 731 g/mol. The van der Waals surface area contributed by atoms with Crippen LogP contribution in [-0.2, 0) is 33.2 Å². The molecule has 22 heteroatoms. The SMILES string of the molecule is CNC[C@@H]1C=C[C@@H](N)[C@@H](O[C@H]2[C@H](O[C@@H]3O[C@H](CO)[C@@H](O[C@H]4O[C@@H](CN)[C@@H](O)[C@H](O)[C@H]4N)[C@H]3O)[C@@H](O)[C@H](NC(=O)[C@@H](O)C(F)(F)CN)C[C@@H]2N)O1. The molecule has 4 aliphatic rings. The Kier molecular flexibility index (Phi) is 14.3. The summed E-state index contributed by atoms with van der Waals surface area (Å²) in [6.07, 6.45) is -17.7. The summed E-state index contributed by atoms with van der Waals surface area (Å²) in [5.41, 5.74) is 29.3. The van der Waals surface area contributed by atoms with Gasteiger partial charge in [0.15, 0.2) is 25.0 Å². The minimum absolute atomic E-state index is 0.219. The highest BCUT2D eigenvalue weighted by molar-refractivity contribution is 5.82. The minimum Gasteiger partial charge on any atom is -0.394 e. The highest BCUT2D eigenvalue weighted by atomic mass is 19.3. The van der Waals surface area contributed by atoms with Gasteiger partial charge in [-0.1, -0.05) is 12.2 Å². The molecule has 0 bridgehead atoms. The minimum atomic E-state index is -3.99. The molecule has 1 aliphatic carbocycles. The second kappa shape index (κ2) is 17.5. The van der Waals surface area contributed by atoms with Crippen LogP contribution in [0, 0.1) is 0 Å². The first kappa shape index (κ1) is 41.1. The maximum absolute atomic E-state index is 14.0. The van der Waals surface area contributed by atoms with Gasteiger partial charge in [0.2, 0.25) is 0 Å². The molecule has 50 heavy (non-hydrogen) atoms. The van der Waals surface area contributed by atoms with Gasteiger partial charge in [0.05, 0.1) is 37.4 Å². The zero-order valence-electron chi connectivity index (χ0n) is 27.3. The van der Waals surface area contributed by atoms with Crippen molar-refractivity contribution >= 4 is 5.91 Å². The van der Waals surface area contributed by atoms with E-state index in [0.29, 0.717) is 6.54 Å². The summed E-state index contributed by atoms with van der Waals surface area (Å²) in [6.45, 7) is -1.91. The number of nitrogens with one attached hydrogen (secondary N) is 2. The Bertz CT molecular complexity index is 1140. The van der Waals surface area contributed by atoms with Crippen LogP contribution in [0.1, 0.15) is 6.42 Å². The lowest BCUT2D eigenvalue weighted by atomic mass is 9.83. The number of ether oxygens (including phenoxy) is 6. The fourth-order valence-corrected chi connectivity index (χ4v) is 6.24. The standard InChI is InChI=1S/C28H51F2N7O13/c1-36-6-9-2-3-10(33)25(45-9)48-20-11(34)4-12(37-24(44)23(43)28(29,30)8-32)16(39)22(20)50-27-19(42)21(14(7-38)47-27)49-26-15(35)18(41)17(40)13(5-31)46-26/h2-3,9-23,25-27,36,38-43H,4-8,31-35H2,1H3,(H,37,44)/t9-,10+,11-,12+,13-,14+,15+,16-,17+,18+,19+,20+,21+,22+,23+,25+,26+,27-/m0/s1. The van der Waals surface area contributed by atoms with Crippen LogP contribution in [-0.4, -0.2) is 186 Å². The summed E-state index contributed by atoms with van der Waals surface area (Å²) in [5.74, 6) is -5.54. The van der Waals surface area contributed by atoms with E-state index in [1.165, 1.54) is 0 Å². The molecule has 0 spiro atoms. The number of likely N-dealkylation sites (N-methyl/N-ethyl adjacent to an activating group) is 1. The number of amides is 1. The number of carbonyl (C=O) groups excluding carboxylic acids is 1. The molecule has 3 fully saturated rings. The van der Waals surface area contributed by atoms with Gasteiger partial charge < -0.3 is 98.4 Å². The summed E-state index contributed by atoms with van der Waals surface area (Å²) < 4.78 is 63.2. The molecule has 0 radical (unpaired) electrons. The van der Waals surface area contributed by atoms with Crippen molar-refractivity contribution in [2.24, 2.45) is 28.7 Å². The number of carbonyl (C=O) groups is 1. The maximum atomic E-state index is 14.0. The quantitative estimate of drug-likeness (QED) is 0.0738. The van der Waals surface area contributed by atoms with Gasteiger partial charge in [0, 0.05) is 19.1 Å². The third kappa shape index (κ3) is 8.92. The Hall–Kier alpha value is -1.65. The van der Waals surface area contributed by atoms with Gasteiger partial charge in [0.1, 0.15) is 54.9 Å². The fraction of sp³-hybridized carbons (Fsp3) is 0.893. The average molecular weight is 732 g/mol. The van der Waals surface area contributed by atoms with Crippen LogP contribution in [0.2, 0.25) is 0 Å². The molecule has 0 aromatic carbocycles. The number of aliphatic hydroxyl groups excluding tert-OH is 6. The van der Waals surface area contributed by atoms with E-state index in [2.05, 4.69) is 10.6 Å². The maximum Gasteiger partial charge on any atom is 0.294 e. The van der Waals surface area contributed by atoms with Crippen LogP contribution < -0.4 is 39.3 Å². The van der Waals surface area contributed by atoms with E-state index in [0.717, 1.165) is 0 Å². The smallest absolute Gasteiger partial charge is 0.294 e. The highest BCUT2D eigenvalue weighted by Gasteiger charge is 2.54. The molecule has 18 N–H and O–H groups in total. The van der Waals surface area contributed by atoms with Gasteiger partial charge in [-0.05, 0) is 13.5 Å². The van der Waals surface area contributed by atoms with E-state index in [4.69, 9.17) is 57.1 Å². The number of rotatable bonds is 14. The second-order valence-electron chi connectivity index (χ2n) is 12.8. The lowest BCUT2D eigenvalue weighted by molar-refractivity contribution is -0.284. The Labute approximate surface area is 286 Å². The third-order valence-corrected chi connectivity index (χ3v) is 9.17. The molecule has 1 amide bonds. The zero-order chi connectivity index (χ0) is 37.1. The summed E-state index contributed by atoms with van der Waals surface area (Å²) in [5, 5.41) is 68.5. The van der Waals surface area contributed by atoms with Crippen molar-refractivity contribution in [3.05, 3.63) is 12.2 Å². The fourth-order valence-electron chi connectivity index (χ4n) is 6.24. The third-order valence-electron chi connectivity index (χ3n) is 9.17. The van der Waals surface area contributed by atoms with Gasteiger partial charge in [-0.15, -0.1) is 0 Å². The molecular weight excluding hydrogens is 680 g/mol. The molecule has 18 atom stereocenters. The molecule has 2 saturated heterocycles. The van der Waals surface area contributed by atoms with Crippen molar-refractivity contribution in [3.63, 3.8) is 0 Å². The highest BCUT2D eigenvalue weighted by Crippen LogP contribution is 2.34. The van der Waals surface area contributed by atoms with Crippen molar-refractivity contribution < 1.29 is 72.6 Å². The molecular formula is C28H51F2N7O13. The van der Waals surface area contributed by atoms with Crippen LogP contribution in [0.3, 0.4) is 0 Å². The van der Waals surface area contributed by atoms with Crippen LogP contribution >= 0.6 is 0 Å². The van der Waals surface area contributed by atoms with Crippen molar-refractivity contribution in [1.82, 2.24) is 10.6 Å². The molecule has 3 heterocycles. The summed E-state index contributed by atoms with van der Waals surface area (Å²) >= 11 is 0. The van der Waals surface area contributed by atoms with Crippen LogP contribution in [0.25, 0.3) is 0 Å². The lowest BCUT2D eigenvalue weighted by Gasteiger charge is -2.46. The molecule has 0 aromatic rings. The van der Waals surface area contributed by atoms with Crippen molar-refractivity contribution in [2.75, 3.05) is 33.3 Å². The van der Waals surface area contributed by atoms with Crippen LogP contribution in [0.15, 0.2) is 12.2 Å². The number of hydrogen-bond acceptors (Lipinski definition) is 19. The van der Waals surface area contributed by atoms with E-state index in [1.54, 1.807) is 19.2 Å². The summed E-state index contributed by atoms with van der Waals surface area (Å²) in [6, 6.07) is -4.64. The Morgan fingerprint density at radius 2 is 1.54 bits per heavy atom. The van der Waals surface area contributed by atoms with Gasteiger partial charge in [-0.25, -0.2) is 8.78 Å². The number of aliphatic hydroxyl groups is 6. The largest absolute Gasteiger partial charge is 0.394 e. The van der Waals surface area contributed by atoms with Crippen LogP contribution in [0.4, 0.5) is 8.78 Å². The molecule has 0 aromatic heterocycles. The predicted octanol–water partition coefficient (Wildman–Crippen LogP) is -7.69. The molecule has 290 valence electrons. The number of alkyl halides is 2. The van der Waals surface area contributed by atoms with Crippen molar-refractivity contribution in [2.45, 2.75) is 123 Å². The molecule has 1 saturated carbocycles. The topological polar surface area (TPSA) is 348 Å². The predicted molar refractivity (Wildman–Crippen MR) is 164 cm³/mol.